The molecule has 0 fully saturated rings. The second kappa shape index (κ2) is 17.2. The topological polar surface area (TPSA) is 51.0 Å². The van der Waals surface area contributed by atoms with Crippen LogP contribution in [0.4, 0.5) is 0 Å². The Labute approximate surface area is 380 Å². The first kappa shape index (κ1) is 40.9. The first-order valence-corrected chi connectivity index (χ1v) is 26.2. The lowest BCUT2D eigenvalue weighted by molar-refractivity contribution is 0.266. The maximum atomic E-state index is 5.27. The zero-order valence-electron chi connectivity index (χ0n) is 35.6. The molecule has 9 heteroatoms. The molecule has 1 aliphatic heterocycles. The molecule has 2 unspecified atom stereocenters. The molecular formula is C52H52N4S5. The van der Waals surface area contributed by atoms with Gasteiger partial charge in [-0.1, -0.05) is 122 Å². The normalized spacial score (nSPS) is 17.3. The average Bonchev–Trinajstić information content (AvgIpc) is 4.14. The van der Waals surface area contributed by atoms with Crippen molar-refractivity contribution in [2.24, 2.45) is 16.8 Å². The predicted octanol–water partition coefficient (Wildman–Crippen LogP) is 17.2. The van der Waals surface area contributed by atoms with E-state index in [-0.39, 0.29) is 5.41 Å². The lowest BCUT2D eigenvalue weighted by atomic mass is 9.65. The van der Waals surface area contributed by atoms with Gasteiger partial charge < -0.3 is 0 Å². The van der Waals surface area contributed by atoms with Gasteiger partial charge in [0.15, 0.2) is 0 Å². The predicted molar refractivity (Wildman–Crippen MR) is 269 cm³/mol. The molecule has 0 amide bonds. The maximum Gasteiger partial charge on any atom is 0.132 e. The second-order valence-corrected chi connectivity index (χ2v) is 22.0. The summed E-state index contributed by atoms with van der Waals surface area (Å²) in [5.74, 6) is 1.31. The summed E-state index contributed by atoms with van der Waals surface area (Å²) in [4.78, 5) is 18.3. The van der Waals surface area contributed by atoms with E-state index in [1.165, 1.54) is 137 Å². The summed E-state index contributed by atoms with van der Waals surface area (Å²) >= 11 is 8.83. The van der Waals surface area contributed by atoms with Gasteiger partial charge in [0, 0.05) is 69.2 Å². The van der Waals surface area contributed by atoms with Crippen molar-refractivity contribution >= 4 is 99.6 Å². The molecular weight excluding hydrogens is 841 g/mol. The minimum Gasteiger partial charge on any atom is -0.259 e. The molecule has 10 rings (SSSR count). The Kier molecular flexibility index (Phi) is 11.5. The molecule has 4 nitrogen and oxygen atoms in total. The van der Waals surface area contributed by atoms with E-state index in [1.807, 2.05) is 34.0 Å². The lowest BCUT2D eigenvalue weighted by Crippen LogP contribution is -2.31. The van der Waals surface area contributed by atoms with Crippen LogP contribution in [0.2, 0.25) is 0 Å². The number of thiophene rings is 4. The molecule has 0 saturated carbocycles. The lowest BCUT2D eigenvalue weighted by Gasteiger charge is -2.37. The summed E-state index contributed by atoms with van der Waals surface area (Å²) in [6.07, 6.45) is 17.3. The molecule has 7 heterocycles. The van der Waals surface area contributed by atoms with Crippen molar-refractivity contribution < 1.29 is 0 Å². The summed E-state index contributed by atoms with van der Waals surface area (Å²) in [6, 6.07) is 26.9. The van der Waals surface area contributed by atoms with Gasteiger partial charge >= 0.3 is 0 Å². The minimum absolute atomic E-state index is 0.0717. The molecule has 1 aliphatic carbocycles. The Morgan fingerprint density at radius 3 is 1.89 bits per heavy atom. The zero-order chi connectivity index (χ0) is 41.7. The largest absolute Gasteiger partial charge is 0.259 e. The van der Waals surface area contributed by atoms with E-state index < -0.39 is 0 Å². The van der Waals surface area contributed by atoms with E-state index in [9.17, 15) is 0 Å². The molecule has 0 N–H and O–H groups in total. The standard InChI is InChI=1S/C52H52N4S5/c1-6-10-16-32(8-3)27-52(28-33(9-4)17-11-7-2)38-25-45(40-22-31(5)36(29-53-40)43-23-34-18-12-14-20-41(34)57-43)59-50(38)51-39(52)26-46(60-51)48-49-47(55-61-56-49)37(30-54-48)44-24-35-19-13-15-21-42(35)58-44/h12-15,18-21,23-26,29-30,32-33H,5-11,16-17,22,27-28H2,1-4H3. The van der Waals surface area contributed by atoms with Crippen molar-refractivity contribution in [2.75, 3.05) is 0 Å². The van der Waals surface area contributed by atoms with Crippen LogP contribution < -0.4 is 0 Å². The van der Waals surface area contributed by atoms with Crippen molar-refractivity contribution in [1.29, 1.82) is 0 Å². The van der Waals surface area contributed by atoms with Gasteiger partial charge in [0.05, 0.1) is 22.3 Å². The van der Waals surface area contributed by atoms with E-state index in [0.29, 0.717) is 11.8 Å². The number of pyridine rings is 1. The first-order valence-electron chi connectivity index (χ1n) is 22.2. The highest BCUT2D eigenvalue weighted by Crippen LogP contribution is 2.62. The minimum atomic E-state index is -0.0717. The zero-order valence-corrected chi connectivity index (χ0v) is 39.6. The second-order valence-electron chi connectivity index (χ2n) is 17.2. The number of rotatable bonds is 16. The Morgan fingerprint density at radius 1 is 0.672 bits per heavy atom. The fourth-order valence-corrected chi connectivity index (χ4v) is 15.4. The number of fused-ring (bicyclic) bond motifs is 6. The molecule has 61 heavy (non-hydrogen) atoms. The van der Waals surface area contributed by atoms with Crippen LogP contribution in [0.1, 0.15) is 119 Å². The molecule has 8 aromatic rings. The maximum absolute atomic E-state index is 5.27. The van der Waals surface area contributed by atoms with Gasteiger partial charge in [-0.05, 0) is 88.5 Å². The van der Waals surface area contributed by atoms with Crippen LogP contribution in [0.15, 0.2) is 102 Å². The fourth-order valence-electron chi connectivity index (χ4n) is 9.96. The fraction of sp³-hybridized carbons (Fsp3) is 0.346. The highest BCUT2D eigenvalue weighted by atomic mass is 32.1. The highest BCUT2D eigenvalue weighted by molar-refractivity contribution is 7.25. The van der Waals surface area contributed by atoms with Gasteiger partial charge in [-0.25, -0.2) is 0 Å². The van der Waals surface area contributed by atoms with Gasteiger partial charge in [0.2, 0.25) is 0 Å². The van der Waals surface area contributed by atoms with Crippen molar-refractivity contribution in [1.82, 2.24) is 13.7 Å². The number of aromatic nitrogens is 3. The quantitative estimate of drug-likeness (QED) is 0.0971. The Hall–Kier alpha value is -4.12. The molecule has 0 saturated heterocycles. The van der Waals surface area contributed by atoms with Crippen molar-refractivity contribution in [2.45, 2.75) is 104 Å². The Morgan fingerprint density at radius 2 is 1.26 bits per heavy atom. The van der Waals surface area contributed by atoms with E-state index in [4.69, 9.17) is 18.7 Å². The van der Waals surface area contributed by atoms with Crippen LogP contribution >= 0.6 is 57.1 Å². The van der Waals surface area contributed by atoms with Crippen molar-refractivity contribution in [3.63, 3.8) is 0 Å². The van der Waals surface area contributed by atoms with Gasteiger partial charge in [0.25, 0.3) is 0 Å². The molecule has 0 radical (unpaired) electrons. The van der Waals surface area contributed by atoms with Gasteiger partial charge in [-0.15, -0.1) is 45.3 Å². The van der Waals surface area contributed by atoms with E-state index in [0.717, 1.165) is 40.0 Å². The number of nitrogens with zero attached hydrogens (tertiary/aromatic N) is 4. The summed E-state index contributed by atoms with van der Waals surface area (Å²) in [5, 5.41) is 2.54. The molecule has 310 valence electrons. The third-order valence-corrected chi connectivity index (χ3v) is 18.7. The van der Waals surface area contributed by atoms with Crippen molar-refractivity contribution in [3.05, 3.63) is 118 Å². The number of hydrogen-bond acceptors (Lipinski definition) is 9. The number of hydrogen-bond donors (Lipinski definition) is 0. The van der Waals surface area contributed by atoms with E-state index in [2.05, 4.69) is 119 Å². The van der Waals surface area contributed by atoms with Crippen LogP contribution in [0.25, 0.3) is 67.5 Å². The number of unbranched alkanes of at least 4 members (excludes halogenated alkanes) is 2. The summed E-state index contributed by atoms with van der Waals surface area (Å²) in [6.45, 7) is 14.2. The third-order valence-electron chi connectivity index (χ3n) is 13.4. The molecule has 2 aromatic carbocycles. The van der Waals surface area contributed by atoms with Crippen LogP contribution in [0.5, 0.6) is 0 Å². The molecule has 6 aromatic heterocycles. The smallest absolute Gasteiger partial charge is 0.132 e. The molecule has 0 bridgehead atoms. The Bertz CT molecular complexity index is 2880. The van der Waals surface area contributed by atoms with Crippen LogP contribution in [-0.2, 0) is 5.41 Å². The number of allylic oxidation sites excluding steroid dienone is 2. The number of benzene rings is 2. The van der Waals surface area contributed by atoms with E-state index in [1.54, 1.807) is 16.9 Å². The molecule has 0 spiro atoms. The highest BCUT2D eigenvalue weighted by Gasteiger charge is 2.48. The van der Waals surface area contributed by atoms with Crippen LogP contribution in [0, 0.1) is 11.8 Å². The monoisotopic (exact) mass is 892 g/mol. The third kappa shape index (κ3) is 7.42. The van der Waals surface area contributed by atoms with Crippen molar-refractivity contribution in [3.8, 4) is 30.8 Å². The van der Waals surface area contributed by atoms with Crippen LogP contribution in [0.3, 0.4) is 0 Å². The first-order chi connectivity index (χ1) is 29.9. The summed E-state index contributed by atoms with van der Waals surface area (Å²) in [7, 11) is 0. The van der Waals surface area contributed by atoms with Gasteiger partial charge in [-0.3, -0.25) is 9.98 Å². The summed E-state index contributed by atoms with van der Waals surface area (Å²) in [5.41, 5.74) is 10.4. The Balaban J connectivity index is 1.11. The molecule has 2 atom stereocenters. The average molecular weight is 893 g/mol. The SMILES string of the molecule is C=C1CC(c2cc3c(s2)-c2sc(-c4ncc(-c5cc6ccccc6s5)c5nsnc45)cc2C3(CC(CC)CCCC)CC(CC)CCCC)=NC=C1c1cc2ccccc2s1. The van der Waals surface area contributed by atoms with E-state index >= 15 is 0 Å². The molecule has 2 aliphatic rings. The summed E-state index contributed by atoms with van der Waals surface area (Å²) < 4.78 is 12.5. The number of aliphatic imine (C=N–C) groups is 1. The van der Waals surface area contributed by atoms with Gasteiger partial charge in [-0.2, -0.15) is 8.75 Å². The van der Waals surface area contributed by atoms with Gasteiger partial charge in [0.1, 0.15) is 16.7 Å². The van der Waals surface area contributed by atoms with Crippen LogP contribution in [-0.4, -0.2) is 19.4 Å².